The lowest BCUT2D eigenvalue weighted by Crippen LogP contribution is -2.60. The van der Waals surface area contributed by atoms with Gasteiger partial charge in [-0.2, -0.15) is 0 Å². The van der Waals surface area contributed by atoms with Crippen LogP contribution in [0.4, 0.5) is 0 Å². The summed E-state index contributed by atoms with van der Waals surface area (Å²) in [6.45, 7) is 6.77. The van der Waals surface area contributed by atoms with Gasteiger partial charge in [-0.05, 0) is 11.8 Å². The lowest BCUT2D eigenvalue weighted by atomic mass is 9.86. The highest BCUT2D eigenvalue weighted by Gasteiger charge is 2.34. The van der Waals surface area contributed by atoms with Crippen LogP contribution < -0.4 is 11.1 Å². The Hall–Kier alpha value is -0.650. The highest BCUT2D eigenvalue weighted by molar-refractivity contribution is 5.83. The molecule has 0 radical (unpaired) electrons. The molecule has 0 aliphatic rings. The third-order valence-corrected chi connectivity index (χ3v) is 2.89. The molecular weight excluding hydrogens is 208 g/mol. The first kappa shape index (κ1) is 15.3. The molecule has 0 unspecified atom stereocenters. The number of aliphatic hydroxyl groups is 2. The average Bonchev–Trinajstić information content (AvgIpc) is 2.23. The van der Waals surface area contributed by atoms with Crippen molar-refractivity contribution in [2.45, 2.75) is 45.7 Å². The van der Waals surface area contributed by atoms with Crippen molar-refractivity contribution in [3.05, 3.63) is 0 Å². The number of aliphatic hydroxyl groups excluding tert-OH is 2. The van der Waals surface area contributed by atoms with E-state index in [4.69, 9.17) is 5.73 Å². The number of nitrogens with one attached hydrogen (secondary N) is 1. The summed E-state index contributed by atoms with van der Waals surface area (Å²) in [5, 5.41) is 21.0. The Morgan fingerprint density at radius 3 is 2.00 bits per heavy atom. The summed E-state index contributed by atoms with van der Waals surface area (Å²) in [5.74, 6) is -0.350. The van der Waals surface area contributed by atoms with Crippen LogP contribution in [0.3, 0.4) is 0 Å². The highest BCUT2D eigenvalue weighted by atomic mass is 16.3. The van der Waals surface area contributed by atoms with E-state index in [1.165, 1.54) is 0 Å². The molecule has 0 aromatic carbocycles. The maximum Gasteiger partial charge on any atom is 0.238 e. The number of rotatable bonds is 5. The minimum absolute atomic E-state index is 0.303. The molecule has 0 spiro atoms. The molecule has 1 amide bonds. The summed E-state index contributed by atoms with van der Waals surface area (Å²) in [6, 6.07) is -0.670. The monoisotopic (exact) mass is 232 g/mol. The Kier molecular flexibility index (Phi) is 5.38. The van der Waals surface area contributed by atoms with Crippen LogP contribution in [-0.4, -0.2) is 40.9 Å². The van der Waals surface area contributed by atoms with Crippen molar-refractivity contribution in [1.82, 2.24) is 5.32 Å². The third-order valence-electron chi connectivity index (χ3n) is 2.89. The van der Waals surface area contributed by atoms with Gasteiger partial charge < -0.3 is 21.3 Å². The molecule has 5 heteroatoms. The molecule has 0 saturated carbocycles. The Bertz CT molecular complexity index is 224. The molecular formula is C11H24N2O3. The van der Waals surface area contributed by atoms with Crippen LogP contribution in [0.25, 0.3) is 0 Å². The van der Waals surface area contributed by atoms with E-state index in [2.05, 4.69) is 5.32 Å². The lowest BCUT2D eigenvalue weighted by molar-refractivity contribution is -0.128. The molecule has 0 fully saturated rings. The highest BCUT2D eigenvalue weighted by Crippen LogP contribution is 2.18. The van der Waals surface area contributed by atoms with E-state index in [9.17, 15) is 15.0 Å². The van der Waals surface area contributed by atoms with Crippen LogP contribution in [0.1, 0.15) is 34.1 Å². The van der Waals surface area contributed by atoms with E-state index in [0.29, 0.717) is 6.42 Å². The molecule has 0 aromatic rings. The number of hydrogen-bond acceptors (Lipinski definition) is 4. The minimum Gasteiger partial charge on any atom is -0.394 e. The van der Waals surface area contributed by atoms with Crippen LogP contribution in [0.2, 0.25) is 0 Å². The van der Waals surface area contributed by atoms with Gasteiger partial charge in [0.25, 0.3) is 0 Å². The molecule has 0 aliphatic carbocycles. The van der Waals surface area contributed by atoms with Crippen LogP contribution in [-0.2, 0) is 4.79 Å². The van der Waals surface area contributed by atoms with E-state index in [0.717, 1.165) is 0 Å². The van der Waals surface area contributed by atoms with Crippen molar-refractivity contribution in [1.29, 1.82) is 0 Å². The molecule has 0 saturated heterocycles. The Morgan fingerprint density at radius 2 is 1.75 bits per heavy atom. The fourth-order valence-corrected chi connectivity index (χ4v) is 1.17. The molecule has 0 bridgehead atoms. The van der Waals surface area contributed by atoms with E-state index >= 15 is 0 Å². The van der Waals surface area contributed by atoms with Crippen molar-refractivity contribution in [2.24, 2.45) is 11.1 Å². The predicted octanol–water partition coefficient (Wildman–Crippen LogP) is -0.391. The normalized spacial score (nSPS) is 14.7. The standard InChI is InChI=1S/C11H24N2O3/c1-5-11(6-14,7-15)13-9(16)8(12)10(2,3)4/h8,14-15H,5-7,12H2,1-4H3,(H,13,16)/t8-/m1/s1. The largest absolute Gasteiger partial charge is 0.394 e. The average molecular weight is 232 g/mol. The Labute approximate surface area is 97.0 Å². The van der Waals surface area contributed by atoms with Crippen LogP contribution >= 0.6 is 0 Å². The zero-order valence-electron chi connectivity index (χ0n) is 10.6. The van der Waals surface area contributed by atoms with E-state index < -0.39 is 11.6 Å². The SMILES string of the molecule is CCC(CO)(CO)NC(=O)[C@@H](N)C(C)(C)C. The predicted molar refractivity (Wildman–Crippen MR) is 62.8 cm³/mol. The first-order chi connectivity index (χ1) is 7.22. The van der Waals surface area contributed by atoms with Gasteiger partial charge in [0.15, 0.2) is 0 Å². The number of amides is 1. The van der Waals surface area contributed by atoms with E-state index in [1.54, 1.807) is 6.92 Å². The topological polar surface area (TPSA) is 95.6 Å². The number of nitrogens with two attached hydrogens (primary N) is 1. The maximum atomic E-state index is 11.8. The second-order valence-corrected chi connectivity index (χ2v) is 5.28. The van der Waals surface area contributed by atoms with E-state index in [-0.39, 0.29) is 24.5 Å². The molecule has 16 heavy (non-hydrogen) atoms. The Balaban J connectivity index is 4.65. The first-order valence-electron chi connectivity index (χ1n) is 5.52. The third kappa shape index (κ3) is 3.73. The summed E-state index contributed by atoms with van der Waals surface area (Å²) >= 11 is 0. The quantitative estimate of drug-likeness (QED) is 0.519. The maximum absolute atomic E-state index is 11.8. The van der Waals surface area contributed by atoms with Gasteiger partial charge in [-0.25, -0.2) is 0 Å². The first-order valence-corrected chi connectivity index (χ1v) is 5.52. The molecule has 0 aromatic heterocycles. The summed E-state index contributed by atoms with van der Waals surface area (Å²) in [4.78, 5) is 11.8. The summed E-state index contributed by atoms with van der Waals surface area (Å²) in [6.07, 6.45) is 0.447. The molecule has 5 nitrogen and oxygen atoms in total. The Morgan fingerprint density at radius 1 is 1.31 bits per heavy atom. The molecule has 1 atom stereocenters. The van der Waals surface area contributed by atoms with Crippen molar-refractivity contribution >= 4 is 5.91 Å². The lowest BCUT2D eigenvalue weighted by Gasteiger charge is -2.34. The van der Waals surface area contributed by atoms with Crippen LogP contribution in [0.5, 0.6) is 0 Å². The molecule has 0 heterocycles. The van der Waals surface area contributed by atoms with Crippen LogP contribution in [0, 0.1) is 5.41 Å². The van der Waals surface area contributed by atoms with Gasteiger partial charge in [0, 0.05) is 0 Å². The molecule has 0 rings (SSSR count). The zero-order chi connectivity index (χ0) is 13.0. The summed E-state index contributed by atoms with van der Waals surface area (Å²) in [5.41, 5.74) is 4.47. The van der Waals surface area contributed by atoms with Gasteiger partial charge in [0.1, 0.15) is 0 Å². The minimum atomic E-state index is -0.972. The molecule has 0 aliphatic heterocycles. The van der Waals surface area contributed by atoms with Gasteiger partial charge in [-0.15, -0.1) is 0 Å². The fourth-order valence-electron chi connectivity index (χ4n) is 1.17. The van der Waals surface area contributed by atoms with Gasteiger partial charge in [0.05, 0.1) is 24.8 Å². The van der Waals surface area contributed by atoms with Gasteiger partial charge in [-0.3, -0.25) is 4.79 Å². The molecule has 5 N–H and O–H groups in total. The number of carbonyl (C=O) groups is 1. The fraction of sp³-hybridized carbons (Fsp3) is 0.909. The second kappa shape index (κ2) is 5.61. The van der Waals surface area contributed by atoms with Crippen molar-refractivity contribution in [3.63, 3.8) is 0 Å². The van der Waals surface area contributed by atoms with Gasteiger partial charge >= 0.3 is 0 Å². The smallest absolute Gasteiger partial charge is 0.238 e. The summed E-state index contributed by atoms with van der Waals surface area (Å²) in [7, 11) is 0. The van der Waals surface area contributed by atoms with Gasteiger partial charge in [0.2, 0.25) is 5.91 Å². The number of hydrogen-bond donors (Lipinski definition) is 4. The zero-order valence-corrected chi connectivity index (χ0v) is 10.6. The summed E-state index contributed by atoms with van der Waals surface area (Å²) < 4.78 is 0. The van der Waals surface area contributed by atoms with E-state index in [1.807, 2.05) is 20.8 Å². The van der Waals surface area contributed by atoms with Crippen molar-refractivity contribution < 1.29 is 15.0 Å². The second-order valence-electron chi connectivity index (χ2n) is 5.28. The molecule has 96 valence electrons. The van der Waals surface area contributed by atoms with Crippen molar-refractivity contribution in [3.8, 4) is 0 Å². The van der Waals surface area contributed by atoms with Gasteiger partial charge in [-0.1, -0.05) is 27.7 Å². The van der Waals surface area contributed by atoms with Crippen LogP contribution in [0.15, 0.2) is 0 Å². The van der Waals surface area contributed by atoms with Crippen molar-refractivity contribution in [2.75, 3.05) is 13.2 Å². The number of carbonyl (C=O) groups excluding carboxylic acids is 1.